The monoisotopic (exact) mass is 319 g/mol. The number of hydrogen-bond acceptors (Lipinski definition) is 4. The van der Waals surface area contributed by atoms with Crippen molar-refractivity contribution in [3.05, 3.63) is 11.3 Å². The number of rotatable bonds is 4. The van der Waals surface area contributed by atoms with Crippen molar-refractivity contribution in [2.75, 3.05) is 26.4 Å². The van der Waals surface area contributed by atoms with Gasteiger partial charge in [-0.05, 0) is 17.4 Å². The van der Waals surface area contributed by atoms with Crippen LogP contribution in [0.3, 0.4) is 0 Å². The Hall–Kier alpha value is -0.870. The molecule has 2 atom stereocenters. The van der Waals surface area contributed by atoms with Crippen molar-refractivity contribution in [2.24, 2.45) is 22.7 Å². The van der Waals surface area contributed by atoms with Crippen LogP contribution >= 0.6 is 0 Å². The molecule has 0 aromatic carbocycles. The maximum atomic E-state index is 5.59. The maximum Gasteiger partial charge on any atom is 0.106 e. The van der Waals surface area contributed by atoms with E-state index >= 15 is 0 Å². The number of aliphatic imine (C=N–C) groups is 1. The quantitative estimate of drug-likeness (QED) is 0.795. The second-order valence-electron chi connectivity index (χ2n) is 8.21. The molecule has 0 spiro atoms. The van der Waals surface area contributed by atoms with Gasteiger partial charge in [0.15, 0.2) is 0 Å². The van der Waals surface area contributed by atoms with Crippen LogP contribution in [0.1, 0.15) is 48.0 Å². The Bertz CT molecular complexity index is 501. The second-order valence-corrected chi connectivity index (χ2v) is 8.21. The van der Waals surface area contributed by atoms with Crippen LogP contribution < -0.4 is 0 Å². The number of nitrogens with zero attached hydrogens (tertiary/aromatic N) is 3. The van der Waals surface area contributed by atoms with Gasteiger partial charge in [-0.25, -0.2) is 0 Å². The molecule has 2 unspecified atom stereocenters. The first-order valence-electron chi connectivity index (χ1n) is 9.30. The van der Waals surface area contributed by atoms with Crippen molar-refractivity contribution in [3.63, 3.8) is 0 Å². The lowest BCUT2D eigenvalue weighted by atomic mass is 9.85. The van der Waals surface area contributed by atoms with Gasteiger partial charge in [0.25, 0.3) is 0 Å². The predicted molar refractivity (Wildman–Crippen MR) is 95.4 cm³/mol. The molecule has 3 rings (SSSR count). The van der Waals surface area contributed by atoms with Gasteiger partial charge >= 0.3 is 0 Å². The molecule has 130 valence electrons. The Morgan fingerprint density at radius 1 is 1.09 bits per heavy atom. The highest BCUT2D eigenvalue weighted by Crippen LogP contribution is 2.40. The average Bonchev–Trinajstić information content (AvgIpc) is 3.13. The van der Waals surface area contributed by atoms with Crippen LogP contribution in [0.25, 0.3) is 0 Å². The molecule has 0 aromatic heterocycles. The third-order valence-electron chi connectivity index (χ3n) is 5.41. The zero-order valence-corrected chi connectivity index (χ0v) is 15.7. The summed E-state index contributed by atoms with van der Waals surface area (Å²) in [6.07, 6.45) is 1.16. The van der Waals surface area contributed by atoms with Gasteiger partial charge in [-0.1, -0.05) is 41.5 Å². The van der Waals surface area contributed by atoms with E-state index < -0.39 is 0 Å². The van der Waals surface area contributed by atoms with Crippen molar-refractivity contribution in [3.8, 4) is 0 Å². The van der Waals surface area contributed by atoms with Crippen molar-refractivity contribution >= 4 is 5.84 Å². The van der Waals surface area contributed by atoms with Gasteiger partial charge in [-0.2, -0.15) is 0 Å². The van der Waals surface area contributed by atoms with E-state index in [0.29, 0.717) is 29.8 Å². The first kappa shape index (κ1) is 17.0. The Morgan fingerprint density at radius 3 is 2.35 bits per heavy atom. The van der Waals surface area contributed by atoms with Crippen LogP contribution in [0.5, 0.6) is 0 Å². The fraction of sp³-hybridized carbons (Fsp3) is 0.842. The number of fused-ring (bicyclic) bond motifs is 1. The van der Waals surface area contributed by atoms with E-state index in [1.807, 2.05) is 0 Å². The lowest BCUT2D eigenvalue weighted by molar-refractivity contribution is 0.117. The van der Waals surface area contributed by atoms with Gasteiger partial charge in [0.1, 0.15) is 5.84 Å². The summed E-state index contributed by atoms with van der Waals surface area (Å²) in [4.78, 5) is 10.3. The zero-order chi connectivity index (χ0) is 16.7. The molecular formula is C19H33N3O. The molecule has 0 radical (unpaired) electrons. The van der Waals surface area contributed by atoms with E-state index in [2.05, 4.69) is 51.3 Å². The Balaban J connectivity index is 1.97. The molecule has 4 nitrogen and oxygen atoms in total. The summed E-state index contributed by atoms with van der Waals surface area (Å²) < 4.78 is 5.59. The molecule has 2 fully saturated rings. The maximum absolute atomic E-state index is 5.59. The van der Waals surface area contributed by atoms with Gasteiger partial charge in [0.05, 0.1) is 19.4 Å². The third-order valence-corrected chi connectivity index (χ3v) is 5.41. The van der Waals surface area contributed by atoms with E-state index in [1.165, 1.54) is 5.84 Å². The summed E-state index contributed by atoms with van der Waals surface area (Å²) >= 11 is 0. The summed E-state index contributed by atoms with van der Waals surface area (Å²) in [5.41, 5.74) is 3.14. The van der Waals surface area contributed by atoms with Gasteiger partial charge in [-0.3, -0.25) is 9.89 Å². The van der Waals surface area contributed by atoms with E-state index in [-0.39, 0.29) is 0 Å². The SMILES string of the molecule is CC(C)C1=NC(C(C)C)C(C(C)C)=C2CC(N3CCOC3)CN12. The van der Waals surface area contributed by atoms with E-state index in [0.717, 1.165) is 32.8 Å². The topological polar surface area (TPSA) is 28.1 Å². The van der Waals surface area contributed by atoms with Gasteiger partial charge < -0.3 is 9.64 Å². The van der Waals surface area contributed by atoms with Crippen molar-refractivity contribution < 1.29 is 4.74 Å². The summed E-state index contributed by atoms with van der Waals surface area (Å²) in [6, 6.07) is 0.934. The summed E-state index contributed by atoms with van der Waals surface area (Å²) in [6.45, 7) is 17.7. The minimum Gasteiger partial charge on any atom is -0.365 e. The zero-order valence-electron chi connectivity index (χ0n) is 15.7. The highest BCUT2D eigenvalue weighted by Gasteiger charge is 2.41. The minimum absolute atomic E-state index is 0.354. The fourth-order valence-electron chi connectivity index (χ4n) is 4.28. The van der Waals surface area contributed by atoms with Crippen molar-refractivity contribution in [1.82, 2.24) is 9.80 Å². The van der Waals surface area contributed by atoms with Crippen molar-refractivity contribution in [2.45, 2.75) is 60.0 Å². The van der Waals surface area contributed by atoms with Crippen LogP contribution in [0.15, 0.2) is 16.3 Å². The molecule has 0 saturated carbocycles. The molecule has 3 aliphatic heterocycles. The number of hydrogen-bond donors (Lipinski definition) is 0. The highest BCUT2D eigenvalue weighted by atomic mass is 16.5. The Labute approximate surface area is 141 Å². The Morgan fingerprint density at radius 2 is 1.83 bits per heavy atom. The molecule has 3 heterocycles. The summed E-state index contributed by atoms with van der Waals surface area (Å²) in [5, 5.41) is 0. The van der Waals surface area contributed by atoms with E-state index in [1.54, 1.807) is 11.3 Å². The molecule has 0 bridgehead atoms. The Kier molecular flexibility index (Phi) is 4.84. The van der Waals surface area contributed by atoms with Crippen LogP contribution in [0.4, 0.5) is 0 Å². The third kappa shape index (κ3) is 3.08. The predicted octanol–water partition coefficient (Wildman–Crippen LogP) is 3.35. The van der Waals surface area contributed by atoms with Crippen LogP contribution in [-0.4, -0.2) is 54.1 Å². The highest BCUT2D eigenvalue weighted by molar-refractivity contribution is 5.87. The molecular weight excluding hydrogens is 286 g/mol. The van der Waals surface area contributed by atoms with Crippen molar-refractivity contribution in [1.29, 1.82) is 0 Å². The van der Waals surface area contributed by atoms with Gasteiger partial charge in [-0.15, -0.1) is 0 Å². The molecule has 4 heteroatoms. The van der Waals surface area contributed by atoms with Crippen LogP contribution in [0, 0.1) is 17.8 Å². The van der Waals surface area contributed by atoms with Crippen LogP contribution in [0.2, 0.25) is 0 Å². The first-order chi connectivity index (χ1) is 10.9. The van der Waals surface area contributed by atoms with Crippen LogP contribution in [-0.2, 0) is 4.74 Å². The average molecular weight is 319 g/mol. The smallest absolute Gasteiger partial charge is 0.106 e. The van der Waals surface area contributed by atoms with Gasteiger partial charge in [0.2, 0.25) is 0 Å². The first-order valence-corrected chi connectivity index (χ1v) is 9.30. The molecule has 0 aliphatic carbocycles. The minimum atomic E-state index is 0.354. The van der Waals surface area contributed by atoms with E-state index in [9.17, 15) is 0 Å². The molecule has 2 saturated heterocycles. The largest absolute Gasteiger partial charge is 0.365 e. The van der Waals surface area contributed by atoms with E-state index in [4.69, 9.17) is 9.73 Å². The summed E-state index contributed by atoms with van der Waals surface area (Å²) in [5.74, 6) is 2.90. The molecule has 3 aliphatic rings. The summed E-state index contributed by atoms with van der Waals surface area (Å²) in [7, 11) is 0. The molecule has 23 heavy (non-hydrogen) atoms. The second kappa shape index (κ2) is 6.56. The lowest BCUT2D eigenvalue weighted by Gasteiger charge is -2.37. The van der Waals surface area contributed by atoms with Gasteiger partial charge in [0, 0.05) is 37.2 Å². The normalized spacial score (nSPS) is 29.3. The molecule has 0 N–H and O–H groups in total. The standard InChI is InChI=1S/C19H33N3O/c1-12(2)17-16-9-15(21-7-8-23-11-21)10-22(16)19(14(5)6)20-18(17)13(3)4/h12-15,18H,7-11H2,1-6H3. The fourth-order valence-corrected chi connectivity index (χ4v) is 4.28. The lowest BCUT2D eigenvalue weighted by Crippen LogP contribution is -2.42. The number of ether oxygens (including phenoxy) is 1. The molecule has 0 aromatic rings. The molecule has 0 amide bonds. The number of amidine groups is 1.